The molecule has 2 unspecified atom stereocenters. The van der Waals surface area contributed by atoms with Gasteiger partial charge in [-0.05, 0) is 43.2 Å². The number of pyridine rings is 2. The summed E-state index contributed by atoms with van der Waals surface area (Å²) in [6.07, 6.45) is -0.910. The number of anilines is 1. The number of cyclic esters (lactones) is 1. The van der Waals surface area contributed by atoms with E-state index in [-0.39, 0.29) is 42.9 Å². The molecule has 0 bridgehead atoms. The van der Waals surface area contributed by atoms with E-state index in [4.69, 9.17) is 15.5 Å². The van der Waals surface area contributed by atoms with Crippen LogP contribution in [0.25, 0.3) is 22.3 Å². The number of aliphatic hydroxyl groups is 1. The van der Waals surface area contributed by atoms with Crippen LogP contribution in [0, 0.1) is 0 Å². The van der Waals surface area contributed by atoms with Gasteiger partial charge in [-0.25, -0.2) is 9.78 Å². The Hall–Kier alpha value is -4.62. The fourth-order valence-electron chi connectivity index (χ4n) is 5.05. The lowest BCUT2D eigenvalue weighted by Crippen LogP contribution is -2.46. The number of fused-ring (bicyclic) bond motifs is 5. The molecule has 40 heavy (non-hydrogen) atoms. The summed E-state index contributed by atoms with van der Waals surface area (Å²) in [6, 6.07) is 5.99. The van der Waals surface area contributed by atoms with Crippen LogP contribution in [0.4, 0.5) is 5.69 Å². The number of nitrogens with two attached hydrogens (primary N) is 1. The van der Waals surface area contributed by atoms with Crippen molar-refractivity contribution in [2.45, 2.75) is 45.6 Å². The van der Waals surface area contributed by atoms with Crippen LogP contribution in [0.2, 0.25) is 0 Å². The number of ether oxygens (including phenoxy) is 1. The third-order valence-electron chi connectivity index (χ3n) is 7.10. The van der Waals surface area contributed by atoms with E-state index in [1.165, 1.54) is 6.92 Å². The lowest BCUT2D eigenvalue weighted by atomic mass is 9.97. The molecular weight excluding hydrogens is 520 g/mol. The first-order valence-corrected chi connectivity index (χ1v) is 12.8. The number of nitrogens with one attached hydrogen (secondary N) is 3. The highest BCUT2D eigenvalue weighted by Gasteiger charge is 2.34. The minimum absolute atomic E-state index is 0.193. The summed E-state index contributed by atoms with van der Waals surface area (Å²) in [5.41, 5.74) is 9.40. The predicted molar refractivity (Wildman–Crippen MR) is 143 cm³/mol. The first-order chi connectivity index (χ1) is 19.1. The first kappa shape index (κ1) is 27.0. The van der Waals surface area contributed by atoms with Crippen molar-refractivity contribution in [1.29, 1.82) is 0 Å². The van der Waals surface area contributed by atoms with Gasteiger partial charge in [-0.1, -0.05) is 6.92 Å². The third kappa shape index (κ3) is 4.69. The van der Waals surface area contributed by atoms with Gasteiger partial charge in [-0.2, -0.15) is 0 Å². The number of benzene rings is 1. The van der Waals surface area contributed by atoms with Crippen molar-refractivity contribution in [3.8, 4) is 11.4 Å². The molecule has 1 aromatic carbocycles. The summed E-state index contributed by atoms with van der Waals surface area (Å²) >= 11 is 0. The number of carbonyl (C=O) groups is 4. The summed E-state index contributed by atoms with van der Waals surface area (Å²) in [5, 5.41) is 18.8. The molecule has 2 atom stereocenters. The summed E-state index contributed by atoms with van der Waals surface area (Å²) in [7, 11) is 0. The number of amides is 3. The minimum Gasteiger partial charge on any atom is -0.458 e. The molecule has 5 rings (SSSR count). The number of aryl methyl sites for hydroxylation is 1. The van der Waals surface area contributed by atoms with Crippen molar-refractivity contribution >= 4 is 40.3 Å². The van der Waals surface area contributed by atoms with E-state index in [9.17, 15) is 29.1 Å². The van der Waals surface area contributed by atoms with Crippen LogP contribution in [-0.4, -0.2) is 57.5 Å². The highest BCUT2D eigenvalue weighted by molar-refractivity contribution is 6.00. The van der Waals surface area contributed by atoms with Gasteiger partial charge in [-0.3, -0.25) is 19.2 Å². The Morgan fingerprint density at radius 2 is 1.98 bits per heavy atom. The molecule has 3 amide bonds. The molecule has 0 saturated heterocycles. The Kier molecular flexibility index (Phi) is 7.08. The van der Waals surface area contributed by atoms with Crippen LogP contribution >= 0.6 is 0 Å². The monoisotopic (exact) mass is 548 g/mol. The van der Waals surface area contributed by atoms with Crippen molar-refractivity contribution in [3.05, 3.63) is 56.9 Å². The molecule has 0 fully saturated rings. The van der Waals surface area contributed by atoms with Crippen molar-refractivity contribution in [2.75, 3.05) is 18.4 Å². The smallest absolute Gasteiger partial charge is 0.340 e. The van der Waals surface area contributed by atoms with Crippen LogP contribution in [0.1, 0.15) is 42.2 Å². The number of esters is 1. The number of nitrogens with zero attached hydrogens (tertiary/aromatic N) is 2. The van der Waals surface area contributed by atoms with Crippen molar-refractivity contribution < 1.29 is 29.0 Å². The summed E-state index contributed by atoms with van der Waals surface area (Å²) in [6.45, 7) is 3.04. The fraction of sp³-hybridized carbons (Fsp3) is 0.333. The standard InChI is InChI=1S/C27H28N6O7/c1-3-14-15-6-13(31-25(37)12(2)30-22(35)9-29-21(34)8-28)4-5-19(15)32-23-17(14)10-33-20(23)7-16-18(26(33)38)11-40-27(39)24(16)36/h4-7,12,24,36H,3,8-11,28H2,1-2H3,(H,29,34)(H,30,35)(H,31,37). The number of aromatic nitrogens is 2. The Labute approximate surface area is 227 Å². The maximum atomic E-state index is 13.3. The highest BCUT2D eigenvalue weighted by atomic mass is 16.5. The number of rotatable bonds is 7. The normalized spacial score (nSPS) is 15.9. The van der Waals surface area contributed by atoms with Crippen LogP contribution < -0.4 is 27.2 Å². The van der Waals surface area contributed by atoms with Gasteiger partial charge >= 0.3 is 5.97 Å². The molecule has 2 aliphatic heterocycles. The second kappa shape index (κ2) is 10.5. The third-order valence-corrected chi connectivity index (χ3v) is 7.10. The molecule has 0 aliphatic carbocycles. The zero-order valence-electron chi connectivity index (χ0n) is 21.9. The zero-order valence-corrected chi connectivity index (χ0v) is 21.9. The molecular formula is C27H28N6O7. The molecule has 2 aliphatic rings. The molecule has 0 radical (unpaired) electrons. The van der Waals surface area contributed by atoms with E-state index in [0.29, 0.717) is 29.0 Å². The minimum atomic E-state index is -1.53. The Balaban J connectivity index is 1.42. The van der Waals surface area contributed by atoms with E-state index in [1.807, 2.05) is 6.92 Å². The fourth-order valence-corrected chi connectivity index (χ4v) is 5.05. The van der Waals surface area contributed by atoms with Gasteiger partial charge < -0.3 is 36.1 Å². The topological polar surface area (TPSA) is 195 Å². The maximum Gasteiger partial charge on any atom is 0.340 e. The van der Waals surface area contributed by atoms with E-state index in [2.05, 4.69) is 16.0 Å². The van der Waals surface area contributed by atoms with Crippen LogP contribution in [0.5, 0.6) is 0 Å². The van der Waals surface area contributed by atoms with E-state index in [1.54, 1.807) is 28.8 Å². The van der Waals surface area contributed by atoms with Crippen LogP contribution in [-0.2, 0) is 43.5 Å². The van der Waals surface area contributed by atoms with Crippen molar-refractivity contribution in [1.82, 2.24) is 20.2 Å². The molecule has 2 aromatic heterocycles. The van der Waals surface area contributed by atoms with Gasteiger partial charge in [0, 0.05) is 22.2 Å². The highest BCUT2D eigenvalue weighted by Crippen LogP contribution is 2.38. The second-order valence-electron chi connectivity index (χ2n) is 9.63. The Morgan fingerprint density at radius 1 is 1.20 bits per heavy atom. The molecule has 13 nitrogen and oxygen atoms in total. The number of aliphatic hydroxyl groups excluding tert-OH is 1. The van der Waals surface area contributed by atoms with Gasteiger partial charge in [0.05, 0.1) is 42.1 Å². The lowest BCUT2D eigenvalue weighted by molar-refractivity contribution is -0.157. The zero-order chi connectivity index (χ0) is 28.7. The quantitative estimate of drug-likeness (QED) is 0.191. The first-order valence-electron chi connectivity index (χ1n) is 12.8. The Bertz CT molecular complexity index is 1650. The molecule has 13 heteroatoms. The second-order valence-corrected chi connectivity index (χ2v) is 9.63. The van der Waals surface area contributed by atoms with Gasteiger partial charge in [0.25, 0.3) is 5.56 Å². The van der Waals surface area contributed by atoms with Gasteiger partial charge in [0.2, 0.25) is 17.7 Å². The lowest BCUT2D eigenvalue weighted by Gasteiger charge is -2.21. The van der Waals surface area contributed by atoms with Gasteiger partial charge in [0.1, 0.15) is 12.6 Å². The molecule has 4 heterocycles. The Morgan fingerprint density at radius 3 is 2.70 bits per heavy atom. The van der Waals surface area contributed by atoms with E-state index >= 15 is 0 Å². The molecule has 6 N–H and O–H groups in total. The number of carbonyl (C=O) groups excluding carboxylic acids is 4. The summed E-state index contributed by atoms with van der Waals surface area (Å²) < 4.78 is 6.53. The largest absolute Gasteiger partial charge is 0.458 e. The SMILES string of the molecule is CCc1c2c(nc3ccc(NC(=O)C(C)NC(=O)CNC(=O)CN)cc13)-c1cc3c(c(=O)n1C2)COC(=O)C3O. The van der Waals surface area contributed by atoms with E-state index in [0.717, 1.165) is 16.5 Å². The molecule has 0 spiro atoms. The van der Waals surface area contributed by atoms with Gasteiger partial charge in [0.15, 0.2) is 6.10 Å². The molecule has 0 saturated carbocycles. The van der Waals surface area contributed by atoms with Crippen LogP contribution in [0.3, 0.4) is 0 Å². The molecule has 3 aromatic rings. The van der Waals surface area contributed by atoms with Crippen molar-refractivity contribution in [2.24, 2.45) is 5.73 Å². The molecule has 208 valence electrons. The average molecular weight is 549 g/mol. The summed E-state index contributed by atoms with van der Waals surface area (Å²) in [4.78, 5) is 65.9. The summed E-state index contributed by atoms with van der Waals surface area (Å²) in [5.74, 6) is -2.26. The maximum absolute atomic E-state index is 13.3. The average Bonchev–Trinajstić information content (AvgIpc) is 3.31. The predicted octanol–water partition coefficient (Wildman–Crippen LogP) is -0.404. The van der Waals surface area contributed by atoms with Gasteiger partial charge in [-0.15, -0.1) is 0 Å². The van der Waals surface area contributed by atoms with Crippen LogP contribution in [0.15, 0.2) is 29.1 Å². The number of hydrogen-bond acceptors (Lipinski definition) is 9. The van der Waals surface area contributed by atoms with Crippen molar-refractivity contribution in [3.63, 3.8) is 0 Å². The number of hydrogen-bond donors (Lipinski definition) is 5. The van der Waals surface area contributed by atoms with E-state index < -0.39 is 35.8 Å².